The monoisotopic (exact) mass is 1070 g/mol. The standard InChI is InChI=1S/C79H87BN2/c1-46-37-56-58(75(10,11)35-33-73(56,6)7)43-64(46)81-63-32-30-51-52-41-50(72(3,4)5)29-31-53(52)79(18,19)69(51)71(63)80-62-42-60-61(78(16,17)55-28-24-23-27-54(55)77(60,14)15)45-66(62)82(68-40-49(39-67(81)70(68)80)48-25-21-20-22-26-48)65-44-59-57(38-47(65)2)74(8,9)34-36-76(59,12)13/h20-32,37-45H,33-36H2,1-19H3. The molecule has 3 heteroatoms. The van der Waals surface area contributed by atoms with Crippen LogP contribution in [0.15, 0.2) is 133 Å². The summed E-state index contributed by atoms with van der Waals surface area (Å²) in [7, 11) is 0. The first-order valence-electron chi connectivity index (χ1n) is 31.1. The zero-order valence-electron chi connectivity index (χ0n) is 53.0. The van der Waals surface area contributed by atoms with Crippen molar-refractivity contribution in [2.45, 2.75) is 201 Å². The van der Waals surface area contributed by atoms with Gasteiger partial charge in [0, 0.05) is 50.4 Å². The van der Waals surface area contributed by atoms with Crippen molar-refractivity contribution >= 4 is 57.2 Å². The molecule has 0 radical (unpaired) electrons. The molecular weight excluding hydrogens is 988 g/mol. The molecule has 6 aliphatic rings. The van der Waals surface area contributed by atoms with Crippen molar-refractivity contribution in [3.05, 3.63) is 206 Å². The molecule has 2 aliphatic heterocycles. The van der Waals surface area contributed by atoms with E-state index in [-0.39, 0.29) is 50.0 Å². The van der Waals surface area contributed by atoms with Gasteiger partial charge in [-0.25, -0.2) is 0 Å². The van der Waals surface area contributed by atoms with E-state index in [1.54, 1.807) is 0 Å². The fourth-order valence-electron chi connectivity index (χ4n) is 17.1. The Morgan fingerprint density at radius 1 is 0.354 bits per heavy atom. The van der Waals surface area contributed by atoms with E-state index in [0.29, 0.717) is 0 Å². The van der Waals surface area contributed by atoms with Crippen LogP contribution >= 0.6 is 0 Å². The third-order valence-electron chi connectivity index (χ3n) is 22.4. The van der Waals surface area contributed by atoms with Crippen LogP contribution in [-0.4, -0.2) is 6.71 Å². The Morgan fingerprint density at radius 3 is 1.33 bits per heavy atom. The van der Waals surface area contributed by atoms with Crippen LogP contribution in [0.2, 0.25) is 0 Å². The molecule has 82 heavy (non-hydrogen) atoms. The lowest BCUT2D eigenvalue weighted by Gasteiger charge is -2.49. The summed E-state index contributed by atoms with van der Waals surface area (Å²) >= 11 is 0. The number of benzene rings is 8. The number of aryl methyl sites for hydroxylation is 2. The summed E-state index contributed by atoms with van der Waals surface area (Å²) in [6.45, 7) is 46.8. The van der Waals surface area contributed by atoms with E-state index in [2.05, 4.69) is 275 Å². The molecule has 0 aromatic heterocycles. The molecule has 0 amide bonds. The smallest absolute Gasteiger partial charge is 0.252 e. The van der Waals surface area contributed by atoms with Crippen LogP contribution in [-0.2, 0) is 43.3 Å². The fourth-order valence-corrected chi connectivity index (χ4v) is 17.1. The Labute approximate surface area is 492 Å². The van der Waals surface area contributed by atoms with Gasteiger partial charge in [-0.15, -0.1) is 0 Å². The highest BCUT2D eigenvalue weighted by atomic mass is 15.2. The van der Waals surface area contributed by atoms with Gasteiger partial charge in [-0.3, -0.25) is 0 Å². The molecule has 14 rings (SSSR count). The van der Waals surface area contributed by atoms with Crippen molar-refractivity contribution in [2.75, 3.05) is 9.80 Å². The van der Waals surface area contributed by atoms with Gasteiger partial charge in [0.05, 0.1) is 0 Å². The molecule has 0 spiro atoms. The van der Waals surface area contributed by atoms with E-state index >= 15 is 0 Å². The third-order valence-corrected chi connectivity index (χ3v) is 22.4. The second-order valence-corrected chi connectivity index (χ2v) is 31.6. The summed E-state index contributed by atoms with van der Waals surface area (Å²) < 4.78 is 0. The largest absolute Gasteiger partial charge is 0.311 e. The van der Waals surface area contributed by atoms with E-state index in [1.807, 2.05) is 0 Å². The van der Waals surface area contributed by atoms with Crippen LogP contribution in [0.1, 0.15) is 216 Å². The van der Waals surface area contributed by atoms with E-state index in [1.165, 1.54) is 158 Å². The molecule has 2 nitrogen and oxygen atoms in total. The number of fused-ring (bicyclic) bond motifs is 12. The molecule has 0 saturated carbocycles. The molecule has 0 bridgehead atoms. The minimum absolute atomic E-state index is 0.00734. The van der Waals surface area contributed by atoms with Gasteiger partial charge < -0.3 is 9.80 Å². The molecule has 0 atom stereocenters. The van der Waals surface area contributed by atoms with Gasteiger partial charge in [-0.2, -0.15) is 0 Å². The van der Waals surface area contributed by atoms with Crippen LogP contribution in [0.25, 0.3) is 22.3 Å². The summed E-state index contributed by atoms with van der Waals surface area (Å²) in [6, 6.07) is 54.3. The van der Waals surface area contributed by atoms with Gasteiger partial charge >= 0.3 is 0 Å². The Balaban J connectivity index is 1.18. The predicted octanol–water partition coefficient (Wildman–Crippen LogP) is 19.3. The Bertz CT molecular complexity index is 4090. The lowest BCUT2D eigenvalue weighted by atomic mass is 9.31. The molecule has 4 aliphatic carbocycles. The van der Waals surface area contributed by atoms with Gasteiger partial charge in [0.15, 0.2) is 0 Å². The van der Waals surface area contributed by atoms with Gasteiger partial charge in [0.25, 0.3) is 6.71 Å². The van der Waals surface area contributed by atoms with E-state index < -0.39 is 0 Å². The van der Waals surface area contributed by atoms with E-state index in [9.17, 15) is 0 Å². The highest BCUT2D eigenvalue weighted by Crippen LogP contribution is 2.58. The SMILES string of the molecule is Cc1cc2c(cc1N1c3cc4c(cc3B3c5c1cc(-c1ccccc1)cc5N(c1cc5c(cc1C)C(C)(C)CCC5(C)C)c1ccc5c(c13)C(C)(C)c1ccc(C(C)(C)C)cc1-5)C(C)(C)c1ccccc1C4(C)C)C(C)(C)CCC2(C)C. The molecule has 0 fully saturated rings. The second-order valence-electron chi connectivity index (χ2n) is 31.6. The van der Waals surface area contributed by atoms with Crippen LogP contribution in [0.3, 0.4) is 0 Å². The minimum atomic E-state index is -0.296. The topological polar surface area (TPSA) is 6.48 Å². The molecule has 8 aromatic rings. The third kappa shape index (κ3) is 7.25. The van der Waals surface area contributed by atoms with E-state index in [0.717, 1.165) is 12.8 Å². The first-order chi connectivity index (χ1) is 38.4. The lowest BCUT2D eigenvalue weighted by molar-refractivity contribution is 0.332. The average molecular weight is 1080 g/mol. The van der Waals surface area contributed by atoms with Crippen LogP contribution < -0.4 is 26.2 Å². The summed E-state index contributed by atoms with van der Waals surface area (Å²) in [5.41, 5.74) is 35.3. The van der Waals surface area contributed by atoms with Crippen LogP contribution in [0.5, 0.6) is 0 Å². The Kier molecular flexibility index (Phi) is 11.0. The molecule has 8 aromatic carbocycles. The minimum Gasteiger partial charge on any atom is -0.311 e. The van der Waals surface area contributed by atoms with Gasteiger partial charge in [0.2, 0.25) is 0 Å². The molecular formula is C79H87BN2. The van der Waals surface area contributed by atoms with Crippen molar-refractivity contribution in [2.24, 2.45) is 0 Å². The van der Waals surface area contributed by atoms with Crippen molar-refractivity contribution < 1.29 is 0 Å². The summed E-state index contributed by atoms with van der Waals surface area (Å²) in [6.07, 6.45) is 4.68. The Hall–Kier alpha value is -6.58. The van der Waals surface area contributed by atoms with Crippen LogP contribution in [0.4, 0.5) is 34.1 Å². The van der Waals surface area contributed by atoms with Crippen molar-refractivity contribution in [3.8, 4) is 22.3 Å². The van der Waals surface area contributed by atoms with Gasteiger partial charge in [-0.1, -0.05) is 215 Å². The number of anilines is 6. The quantitative estimate of drug-likeness (QED) is 0.163. The molecule has 0 saturated heterocycles. The first-order valence-corrected chi connectivity index (χ1v) is 31.1. The zero-order valence-corrected chi connectivity index (χ0v) is 53.0. The molecule has 0 unspecified atom stereocenters. The molecule has 416 valence electrons. The predicted molar refractivity (Wildman–Crippen MR) is 353 cm³/mol. The fraction of sp³-hybridized carbons (Fsp3) is 0.392. The second kappa shape index (κ2) is 16.8. The number of nitrogens with zero attached hydrogens (tertiary/aromatic N) is 2. The number of hydrogen-bond donors (Lipinski definition) is 0. The summed E-state index contributed by atoms with van der Waals surface area (Å²) in [4.78, 5) is 5.57. The highest BCUT2D eigenvalue weighted by Gasteiger charge is 2.52. The maximum atomic E-state index is 2.79. The van der Waals surface area contributed by atoms with Crippen molar-refractivity contribution in [1.29, 1.82) is 0 Å². The van der Waals surface area contributed by atoms with Crippen molar-refractivity contribution in [1.82, 2.24) is 0 Å². The van der Waals surface area contributed by atoms with Gasteiger partial charge in [0.1, 0.15) is 0 Å². The number of hydrogen-bond acceptors (Lipinski definition) is 2. The van der Waals surface area contributed by atoms with Crippen LogP contribution in [0, 0.1) is 13.8 Å². The first kappa shape index (κ1) is 53.4. The summed E-state index contributed by atoms with van der Waals surface area (Å²) in [5, 5.41) is 0. The van der Waals surface area contributed by atoms with Crippen molar-refractivity contribution in [3.63, 3.8) is 0 Å². The average Bonchev–Trinajstić information content (AvgIpc) is 1.11. The van der Waals surface area contributed by atoms with Gasteiger partial charge in [-0.05, 0) is 214 Å². The molecule has 2 heterocycles. The highest BCUT2D eigenvalue weighted by molar-refractivity contribution is 7.00. The summed E-state index contributed by atoms with van der Waals surface area (Å²) in [5.74, 6) is 0. The maximum Gasteiger partial charge on any atom is 0.252 e. The number of rotatable bonds is 3. The molecule has 0 N–H and O–H groups in total. The lowest BCUT2D eigenvalue weighted by Crippen LogP contribution is -2.63. The maximum absolute atomic E-state index is 2.79. The zero-order chi connectivity index (χ0) is 58.1. The van der Waals surface area contributed by atoms with E-state index in [4.69, 9.17) is 0 Å². The normalized spacial score (nSPS) is 19.8. The Morgan fingerprint density at radius 2 is 0.817 bits per heavy atom.